The summed E-state index contributed by atoms with van der Waals surface area (Å²) in [5, 5.41) is 2.85. The topological polar surface area (TPSA) is 66.8 Å². The van der Waals surface area contributed by atoms with E-state index in [9.17, 15) is 14.0 Å². The zero-order valence-corrected chi connectivity index (χ0v) is 19.4. The van der Waals surface area contributed by atoms with Gasteiger partial charge in [-0.3, -0.25) is 4.79 Å². The number of carbonyl (C=O) groups excluding carboxylic acids is 2. The maximum Gasteiger partial charge on any atom is 0.322 e. The molecule has 1 atom stereocenters. The number of hydrogen-bond donors (Lipinski definition) is 1. The molecule has 1 N–H and O–H groups in total. The molecule has 3 amide bonds. The van der Waals surface area contributed by atoms with Gasteiger partial charge in [-0.25, -0.2) is 9.18 Å². The van der Waals surface area contributed by atoms with Crippen LogP contribution < -0.4 is 10.1 Å². The number of aromatic nitrogens is 1. The molecule has 1 aromatic heterocycles. The molecule has 0 saturated carbocycles. The molecule has 0 saturated heterocycles. The lowest BCUT2D eigenvalue weighted by Gasteiger charge is -2.38. The van der Waals surface area contributed by atoms with Crippen LogP contribution in [0.25, 0.3) is 0 Å². The fourth-order valence-corrected chi connectivity index (χ4v) is 4.40. The van der Waals surface area contributed by atoms with Crippen LogP contribution in [-0.2, 0) is 11.3 Å². The largest absolute Gasteiger partial charge is 0.495 e. The molecule has 8 heteroatoms. The number of hydrogen-bond acceptors (Lipinski definition) is 3. The number of fused-ring (bicyclic) bond motifs is 1. The Hall–Kier alpha value is -3.81. The van der Waals surface area contributed by atoms with E-state index in [4.69, 9.17) is 4.74 Å². The average Bonchev–Trinajstić information content (AvgIpc) is 3.32. The van der Waals surface area contributed by atoms with E-state index in [0.29, 0.717) is 43.1 Å². The fourth-order valence-electron chi connectivity index (χ4n) is 4.40. The lowest BCUT2D eigenvalue weighted by atomic mass is 9.99. The van der Waals surface area contributed by atoms with Crippen LogP contribution in [0.1, 0.15) is 30.6 Å². The van der Waals surface area contributed by atoms with Crippen LogP contribution in [0, 0.1) is 5.82 Å². The summed E-state index contributed by atoms with van der Waals surface area (Å²) in [6, 6.07) is 16.6. The lowest BCUT2D eigenvalue weighted by molar-refractivity contribution is -0.134. The molecule has 178 valence electrons. The van der Waals surface area contributed by atoms with Gasteiger partial charge in [-0.15, -0.1) is 0 Å². The van der Waals surface area contributed by atoms with Gasteiger partial charge in [0, 0.05) is 31.5 Å². The molecule has 2 aromatic carbocycles. The summed E-state index contributed by atoms with van der Waals surface area (Å²) in [5.74, 6) is 0.00398. The number of nitrogens with zero attached hydrogens (tertiary/aromatic N) is 3. The van der Waals surface area contributed by atoms with E-state index in [2.05, 4.69) is 9.88 Å². The van der Waals surface area contributed by atoms with Gasteiger partial charge < -0.3 is 24.4 Å². The normalized spacial score (nSPS) is 14.9. The Labute approximate surface area is 198 Å². The summed E-state index contributed by atoms with van der Waals surface area (Å²) in [6.07, 6.45) is 2.66. The zero-order valence-electron chi connectivity index (χ0n) is 19.4. The summed E-state index contributed by atoms with van der Waals surface area (Å²) in [5.41, 5.74) is 2.16. The van der Waals surface area contributed by atoms with E-state index in [0.717, 1.165) is 5.69 Å². The van der Waals surface area contributed by atoms with Gasteiger partial charge in [0.15, 0.2) is 0 Å². The maximum absolute atomic E-state index is 14.1. The smallest absolute Gasteiger partial charge is 0.322 e. The first-order valence-corrected chi connectivity index (χ1v) is 11.4. The van der Waals surface area contributed by atoms with Crippen molar-refractivity contribution in [2.45, 2.75) is 25.9 Å². The third-order valence-electron chi connectivity index (χ3n) is 5.98. The molecule has 3 aromatic rings. The number of methoxy groups -OCH3 is 1. The van der Waals surface area contributed by atoms with Crippen LogP contribution in [0.4, 0.5) is 14.9 Å². The number of amides is 3. The van der Waals surface area contributed by atoms with Crippen molar-refractivity contribution in [3.63, 3.8) is 0 Å². The van der Waals surface area contributed by atoms with Crippen LogP contribution in [0.15, 0.2) is 66.9 Å². The second-order valence-corrected chi connectivity index (χ2v) is 8.22. The lowest BCUT2D eigenvalue weighted by Crippen LogP contribution is -2.48. The maximum atomic E-state index is 14.1. The van der Waals surface area contributed by atoms with Crippen molar-refractivity contribution in [1.29, 1.82) is 0 Å². The zero-order chi connectivity index (χ0) is 24.1. The number of halogens is 1. The van der Waals surface area contributed by atoms with Crippen molar-refractivity contribution in [3.8, 4) is 5.75 Å². The fraction of sp³-hybridized carbons (Fsp3) is 0.308. The molecule has 0 fully saturated rings. The molecular formula is C26H29FN4O3. The van der Waals surface area contributed by atoms with Crippen molar-refractivity contribution in [2.75, 3.05) is 32.1 Å². The molecule has 1 unspecified atom stereocenters. The third-order valence-corrected chi connectivity index (χ3v) is 5.98. The van der Waals surface area contributed by atoms with Gasteiger partial charge in [-0.1, -0.05) is 31.2 Å². The number of benzene rings is 2. The van der Waals surface area contributed by atoms with E-state index < -0.39 is 6.04 Å². The molecule has 0 aliphatic carbocycles. The number of rotatable bonds is 7. The van der Waals surface area contributed by atoms with Gasteiger partial charge in [0.2, 0.25) is 5.91 Å². The van der Waals surface area contributed by atoms with Crippen LogP contribution >= 0.6 is 0 Å². The average molecular weight is 465 g/mol. The first-order valence-electron chi connectivity index (χ1n) is 11.4. The standard InChI is InChI=1S/C26H29FN4O3/c1-3-13-30(26(33)28-21-10-4-5-12-23(21)34-2)18-24(32)31-16-15-29-14-7-11-22(29)25(31)19-8-6-9-20(27)17-19/h4-12,14,17,25H,3,13,15-16,18H2,1-2H3,(H,28,33). The van der Waals surface area contributed by atoms with Gasteiger partial charge in [-0.2, -0.15) is 0 Å². The molecule has 4 rings (SSSR count). The number of urea groups is 1. The minimum atomic E-state index is -0.423. The number of ether oxygens (including phenoxy) is 1. The van der Waals surface area contributed by atoms with Crippen molar-refractivity contribution in [1.82, 2.24) is 14.4 Å². The Morgan fingerprint density at radius 1 is 1.12 bits per heavy atom. The molecule has 0 radical (unpaired) electrons. The second-order valence-electron chi connectivity index (χ2n) is 8.22. The highest BCUT2D eigenvalue weighted by Gasteiger charge is 2.33. The number of carbonyl (C=O) groups is 2. The molecule has 7 nitrogen and oxygen atoms in total. The highest BCUT2D eigenvalue weighted by molar-refractivity contribution is 5.93. The first-order chi connectivity index (χ1) is 16.5. The monoisotopic (exact) mass is 464 g/mol. The van der Waals surface area contributed by atoms with Crippen LogP contribution in [0.3, 0.4) is 0 Å². The molecule has 2 heterocycles. The van der Waals surface area contributed by atoms with Crippen LogP contribution in [0.2, 0.25) is 0 Å². The Morgan fingerprint density at radius 3 is 2.71 bits per heavy atom. The molecule has 0 bridgehead atoms. The van der Waals surface area contributed by atoms with Crippen molar-refractivity contribution >= 4 is 17.6 Å². The van der Waals surface area contributed by atoms with Crippen LogP contribution in [0.5, 0.6) is 5.75 Å². The van der Waals surface area contributed by atoms with Crippen molar-refractivity contribution < 1.29 is 18.7 Å². The summed E-state index contributed by atoms with van der Waals surface area (Å²) in [6.45, 7) is 3.40. The van der Waals surface area contributed by atoms with Crippen LogP contribution in [-0.4, -0.2) is 53.0 Å². The predicted octanol–water partition coefficient (Wildman–Crippen LogP) is 4.51. The minimum absolute atomic E-state index is 0.0820. The summed E-state index contributed by atoms with van der Waals surface area (Å²) in [4.78, 5) is 29.9. The Bertz CT molecular complexity index is 1160. The third kappa shape index (κ3) is 4.90. The Morgan fingerprint density at radius 2 is 1.94 bits per heavy atom. The van der Waals surface area contributed by atoms with Gasteiger partial charge in [0.1, 0.15) is 18.1 Å². The van der Waals surface area contributed by atoms with Gasteiger partial charge in [0.05, 0.1) is 18.8 Å². The SMILES string of the molecule is CCCN(CC(=O)N1CCn2cccc2C1c1cccc(F)c1)C(=O)Nc1ccccc1OC. The van der Waals surface area contributed by atoms with Gasteiger partial charge >= 0.3 is 6.03 Å². The van der Waals surface area contributed by atoms with E-state index in [-0.39, 0.29) is 24.3 Å². The predicted molar refractivity (Wildman–Crippen MR) is 128 cm³/mol. The Balaban J connectivity index is 1.56. The summed E-state index contributed by atoms with van der Waals surface area (Å²) >= 11 is 0. The second kappa shape index (κ2) is 10.4. The highest BCUT2D eigenvalue weighted by Crippen LogP contribution is 2.33. The van der Waals surface area contributed by atoms with Crippen molar-refractivity contribution in [2.24, 2.45) is 0 Å². The quantitative estimate of drug-likeness (QED) is 0.560. The number of para-hydroxylation sites is 2. The molecule has 1 aliphatic rings. The van der Waals surface area contributed by atoms with Gasteiger partial charge in [-0.05, 0) is 48.4 Å². The van der Waals surface area contributed by atoms with E-state index in [1.165, 1.54) is 24.1 Å². The van der Waals surface area contributed by atoms with E-state index in [1.807, 2.05) is 37.4 Å². The Kier molecular flexibility index (Phi) is 7.15. The van der Waals surface area contributed by atoms with Gasteiger partial charge in [0.25, 0.3) is 0 Å². The molecular weight excluding hydrogens is 435 g/mol. The molecule has 1 aliphatic heterocycles. The molecule has 34 heavy (non-hydrogen) atoms. The first kappa shape index (κ1) is 23.4. The van der Waals surface area contributed by atoms with E-state index in [1.54, 1.807) is 29.2 Å². The summed E-state index contributed by atoms with van der Waals surface area (Å²) < 4.78 is 21.5. The highest BCUT2D eigenvalue weighted by atomic mass is 19.1. The summed E-state index contributed by atoms with van der Waals surface area (Å²) in [7, 11) is 1.54. The number of nitrogens with one attached hydrogen (secondary N) is 1. The molecule has 0 spiro atoms. The number of anilines is 1. The minimum Gasteiger partial charge on any atom is -0.495 e. The van der Waals surface area contributed by atoms with Crippen molar-refractivity contribution in [3.05, 3.63) is 83.9 Å². The van der Waals surface area contributed by atoms with E-state index >= 15 is 0 Å².